The molecule has 0 saturated carbocycles. The van der Waals surface area contributed by atoms with Gasteiger partial charge in [0.1, 0.15) is 0 Å². The summed E-state index contributed by atoms with van der Waals surface area (Å²) in [4.78, 5) is 13.8. The Balaban J connectivity index is 1.97. The summed E-state index contributed by atoms with van der Waals surface area (Å²) in [5.41, 5.74) is 9.23. The zero-order valence-electron chi connectivity index (χ0n) is 16.9. The van der Waals surface area contributed by atoms with Gasteiger partial charge in [-0.05, 0) is 55.9 Å². The van der Waals surface area contributed by atoms with Crippen LogP contribution in [0.1, 0.15) is 45.1 Å². The summed E-state index contributed by atoms with van der Waals surface area (Å²) >= 11 is 0. The first-order valence-corrected chi connectivity index (χ1v) is 10.2. The highest BCUT2D eigenvalue weighted by Gasteiger charge is 2.52. The van der Waals surface area contributed by atoms with E-state index in [2.05, 4.69) is 43.7 Å². The van der Waals surface area contributed by atoms with Crippen LogP contribution in [0, 0.1) is 5.41 Å². The number of hydrazine groups is 1. The van der Waals surface area contributed by atoms with Gasteiger partial charge in [0.15, 0.2) is 0 Å². The summed E-state index contributed by atoms with van der Waals surface area (Å²) in [6.45, 7) is 8.21. The number of nitrogens with zero attached hydrogens (tertiary/aromatic N) is 1. The molecule has 2 aromatic rings. The van der Waals surface area contributed by atoms with Crippen molar-refractivity contribution in [2.75, 3.05) is 5.01 Å². The lowest BCUT2D eigenvalue weighted by molar-refractivity contribution is -0.125. The van der Waals surface area contributed by atoms with Crippen LogP contribution in [-0.4, -0.2) is 11.9 Å². The smallest absolute Gasteiger partial charge is 0.249 e. The fourth-order valence-electron chi connectivity index (χ4n) is 4.04. The molecule has 0 radical (unpaired) electrons. The van der Waals surface area contributed by atoms with Gasteiger partial charge in [-0.25, -0.2) is 10.4 Å². The molecular formula is C25H30N2O. The molecule has 0 aromatic heterocycles. The number of allylic oxidation sites excluding steroid dienone is 1. The number of carbonyl (C=O) groups excluding carboxylic acids is 1. The van der Waals surface area contributed by atoms with Crippen LogP contribution in [0.25, 0.3) is 0 Å². The van der Waals surface area contributed by atoms with Gasteiger partial charge in [0.05, 0.1) is 11.1 Å². The molecule has 1 amide bonds. The molecule has 0 bridgehead atoms. The molecule has 2 atom stereocenters. The lowest BCUT2D eigenvalue weighted by Crippen LogP contribution is -2.40. The summed E-state index contributed by atoms with van der Waals surface area (Å²) in [6, 6.07) is 20.1. The average Bonchev–Trinajstić information content (AvgIpc) is 2.97. The molecular weight excluding hydrogens is 344 g/mol. The van der Waals surface area contributed by atoms with Gasteiger partial charge < -0.3 is 0 Å². The Morgan fingerprint density at radius 2 is 1.79 bits per heavy atom. The van der Waals surface area contributed by atoms with Gasteiger partial charge in [0.25, 0.3) is 0 Å². The number of nitrogens with one attached hydrogen (secondary N) is 1. The highest BCUT2D eigenvalue weighted by molar-refractivity contribution is 6.00. The summed E-state index contributed by atoms with van der Waals surface area (Å²) in [7, 11) is 0. The van der Waals surface area contributed by atoms with E-state index in [4.69, 9.17) is 0 Å². The van der Waals surface area contributed by atoms with Crippen molar-refractivity contribution in [3.05, 3.63) is 84.1 Å². The normalized spacial score (nSPS) is 21.6. The zero-order valence-corrected chi connectivity index (χ0v) is 16.9. The highest BCUT2D eigenvalue weighted by atomic mass is 16.2. The number of benzene rings is 2. The van der Waals surface area contributed by atoms with Crippen LogP contribution < -0.4 is 10.4 Å². The molecule has 2 aromatic carbocycles. The second-order valence-corrected chi connectivity index (χ2v) is 7.71. The molecule has 1 heterocycles. The number of rotatable bonds is 8. The van der Waals surface area contributed by atoms with Crippen LogP contribution in [0.5, 0.6) is 0 Å². The molecule has 1 saturated heterocycles. The lowest BCUT2D eigenvalue weighted by Gasteiger charge is -2.31. The molecule has 0 aliphatic carbocycles. The Morgan fingerprint density at radius 1 is 1.14 bits per heavy atom. The van der Waals surface area contributed by atoms with Crippen LogP contribution >= 0.6 is 0 Å². The predicted octanol–water partition coefficient (Wildman–Crippen LogP) is 5.45. The van der Waals surface area contributed by atoms with Crippen molar-refractivity contribution in [3.63, 3.8) is 0 Å². The van der Waals surface area contributed by atoms with Crippen molar-refractivity contribution in [1.29, 1.82) is 0 Å². The predicted molar refractivity (Wildman–Crippen MR) is 116 cm³/mol. The van der Waals surface area contributed by atoms with Gasteiger partial charge in [0, 0.05) is 6.04 Å². The van der Waals surface area contributed by atoms with Crippen LogP contribution in [0.15, 0.2) is 78.5 Å². The van der Waals surface area contributed by atoms with Crippen molar-refractivity contribution in [1.82, 2.24) is 5.43 Å². The first-order valence-electron chi connectivity index (χ1n) is 10.2. The van der Waals surface area contributed by atoms with Crippen molar-refractivity contribution >= 4 is 11.6 Å². The van der Waals surface area contributed by atoms with E-state index in [9.17, 15) is 4.79 Å². The van der Waals surface area contributed by atoms with Gasteiger partial charge in [-0.15, -0.1) is 5.73 Å². The largest absolute Gasteiger partial charge is 0.272 e. The van der Waals surface area contributed by atoms with E-state index in [1.54, 1.807) is 5.01 Å². The molecule has 1 aliphatic heterocycles. The second kappa shape index (κ2) is 9.05. The standard InChI is InChI=1S/C25H30N2O/c1-4-6-13-21(5-2)18-25(19-22-14-9-7-10-15-22)20(3)26-27(24(25)28)23-16-11-8-12-17-23/h7-12,14-17,20,26H,2,4,6,13,18-19H2,1,3H3. The quantitative estimate of drug-likeness (QED) is 0.623. The maximum Gasteiger partial charge on any atom is 0.249 e. The molecule has 0 spiro atoms. The molecule has 1 fully saturated rings. The topological polar surface area (TPSA) is 32.3 Å². The lowest BCUT2D eigenvalue weighted by atomic mass is 9.71. The second-order valence-electron chi connectivity index (χ2n) is 7.71. The number of amides is 1. The van der Waals surface area contributed by atoms with Crippen molar-refractivity contribution < 1.29 is 4.79 Å². The number of carbonyl (C=O) groups is 1. The monoisotopic (exact) mass is 374 g/mol. The van der Waals surface area contributed by atoms with Gasteiger partial charge in [-0.2, -0.15) is 0 Å². The van der Waals surface area contributed by atoms with E-state index in [0.29, 0.717) is 12.8 Å². The molecule has 3 heteroatoms. The summed E-state index contributed by atoms with van der Waals surface area (Å²) in [5, 5.41) is 1.73. The van der Waals surface area contributed by atoms with Gasteiger partial charge >= 0.3 is 0 Å². The first-order chi connectivity index (χ1) is 13.6. The number of hydrogen-bond donors (Lipinski definition) is 1. The fourth-order valence-corrected chi connectivity index (χ4v) is 4.04. The summed E-state index contributed by atoms with van der Waals surface area (Å²) < 4.78 is 0. The number of hydrogen-bond acceptors (Lipinski definition) is 2. The number of para-hydroxylation sites is 1. The van der Waals surface area contributed by atoms with Crippen molar-refractivity contribution in [2.45, 2.75) is 52.0 Å². The third-order valence-electron chi connectivity index (χ3n) is 5.77. The molecule has 146 valence electrons. The summed E-state index contributed by atoms with van der Waals surface area (Å²) in [5.74, 6) is 0.124. The SMILES string of the molecule is C=C=C(CCCC)CC1(Cc2ccccc2)C(=O)N(c2ccccc2)NC1C. The number of unbranched alkanes of at least 4 members (excludes halogenated alkanes) is 1. The molecule has 3 nitrogen and oxygen atoms in total. The Morgan fingerprint density at radius 3 is 2.39 bits per heavy atom. The van der Waals surface area contributed by atoms with E-state index >= 15 is 0 Å². The van der Waals surface area contributed by atoms with E-state index in [1.807, 2.05) is 48.5 Å². The Hall–Kier alpha value is -2.61. The van der Waals surface area contributed by atoms with E-state index in [1.165, 1.54) is 5.56 Å². The van der Waals surface area contributed by atoms with Gasteiger partial charge in [-0.1, -0.05) is 68.5 Å². The molecule has 1 aliphatic rings. The maximum atomic E-state index is 13.8. The zero-order chi connectivity index (χ0) is 20.0. The third kappa shape index (κ3) is 4.11. The maximum absolute atomic E-state index is 13.8. The van der Waals surface area contributed by atoms with E-state index < -0.39 is 5.41 Å². The molecule has 1 N–H and O–H groups in total. The van der Waals surface area contributed by atoms with E-state index in [0.717, 1.165) is 30.5 Å². The van der Waals surface area contributed by atoms with Gasteiger partial charge in [0.2, 0.25) is 5.91 Å². The Kier molecular flexibility index (Phi) is 6.51. The van der Waals surface area contributed by atoms with Crippen LogP contribution in [0.4, 0.5) is 5.69 Å². The molecule has 3 rings (SSSR count). The highest BCUT2D eigenvalue weighted by Crippen LogP contribution is 2.42. The van der Waals surface area contributed by atoms with Crippen LogP contribution in [0.3, 0.4) is 0 Å². The Bertz CT molecular complexity index is 839. The third-order valence-corrected chi connectivity index (χ3v) is 5.77. The van der Waals surface area contributed by atoms with Crippen LogP contribution in [-0.2, 0) is 11.2 Å². The van der Waals surface area contributed by atoms with Crippen LogP contribution in [0.2, 0.25) is 0 Å². The average molecular weight is 375 g/mol. The number of anilines is 1. The van der Waals surface area contributed by atoms with Crippen molar-refractivity contribution in [3.8, 4) is 0 Å². The fraction of sp³-hybridized carbons (Fsp3) is 0.360. The molecule has 28 heavy (non-hydrogen) atoms. The minimum atomic E-state index is -0.551. The minimum Gasteiger partial charge on any atom is -0.272 e. The Labute approximate surface area is 168 Å². The van der Waals surface area contributed by atoms with Gasteiger partial charge in [-0.3, -0.25) is 4.79 Å². The van der Waals surface area contributed by atoms with E-state index in [-0.39, 0.29) is 11.9 Å². The minimum absolute atomic E-state index is 0.00499. The first kappa shape index (κ1) is 20.1. The summed E-state index contributed by atoms with van der Waals surface area (Å²) in [6.07, 6.45) is 4.54. The van der Waals surface area contributed by atoms with Crippen molar-refractivity contribution in [2.24, 2.45) is 5.41 Å². The molecule has 2 unspecified atom stereocenters.